The molecular weight excluding hydrogens is 366 g/mol. The fraction of sp³-hybridized carbons (Fsp3) is 0.0833. The molecular formula is C12H11BrClN3O2S. The van der Waals surface area contributed by atoms with Gasteiger partial charge in [-0.15, -0.1) is 0 Å². The Bertz CT molecular complexity index is 737. The molecule has 0 aliphatic rings. The normalized spacial score (nSPS) is 11.2. The van der Waals surface area contributed by atoms with Crippen LogP contribution in [-0.4, -0.2) is 20.4 Å². The van der Waals surface area contributed by atoms with E-state index < -0.39 is 10.0 Å². The summed E-state index contributed by atoms with van der Waals surface area (Å²) in [4.78, 5) is 3.91. The number of halogens is 2. The van der Waals surface area contributed by atoms with Crippen LogP contribution in [0.4, 0.5) is 11.4 Å². The number of benzene rings is 1. The van der Waals surface area contributed by atoms with Crippen molar-refractivity contribution in [2.75, 3.05) is 17.1 Å². The second kappa shape index (κ2) is 5.99. The maximum atomic E-state index is 12.4. The molecule has 20 heavy (non-hydrogen) atoms. The molecule has 0 atom stereocenters. The van der Waals surface area contributed by atoms with Crippen molar-refractivity contribution in [2.24, 2.45) is 0 Å². The molecule has 5 nitrogen and oxygen atoms in total. The van der Waals surface area contributed by atoms with Gasteiger partial charge >= 0.3 is 0 Å². The molecule has 0 saturated heterocycles. The van der Waals surface area contributed by atoms with Crippen LogP contribution in [0.3, 0.4) is 0 Å². The highest BCUT2D eigenvalue weighted by Gasteiger charge is 2.20. The van der Waals surface area contributed by atoms with E-state index in [1.165, 1.54) is 12.3 Å². The van der Waals surface area contributed by atoms with Crippen LogP contribution in [0.25, 0.3) is 0 Å². The molecule has 0 saturated carbocycles. The highest BCUT2D eigenvalue weighted by atomic mass is 79.9. The van der Waals surface area contributed by atoms with Gasteiger partial charge < -0.3 is 5.32 Å². The minimum absolute atomic E-state index is 0.0747. The van der Waals surface area contributed by atoms with Crippen molar-refractivity contribution < 1.29 is 8.42 Å². The van der Waals surface area contributed by atoms with Gasteiger partial charge in [0.2, 0.25) is 0 Å². The molecule has 8 heteroatoms. The van der Waals surface area contributed by atoms with E-state index in [2.05, 4.69) is 31.0 Å². The molecule has 2 rings (SSSR count). The summed E-state index contributed by atoms with van der Waals surface area (Å²) in [6, 6.07) is 8.13. The van der Waals surface area contributed by atoms with Gasteiger partial charge in [0.15, 0.2) is 5.03 Å². The number of aromatic nitrogens is 1. The second-order valence-corrected chi connectivity index (χ2v) is 6.72. The number of anilines is 2. The molecule has 2 N–H and O–H groups in total. The maximum absolute atomic E-state index is 12.4. The summed E-state index contributed by atoms with van der Waals surface area (Å²) < 4.78 is 27.8. The third kappa shape index (κ3) is 3.23. The first-order chi connectivity index (χ1) is 9.44. The fourth-order valence-electron chi connectivity index (χ4n) is 1.56. The quantitative estimate of drug-likeness (QED) is 0.858. The lowest BCUT2D eigenvalue weighted by Gasteiger charge is -2.12. The lowest BCUT2D eigenvalue weighted by atomic mass is 10.3. The van der Waals surface area contributed by atoms with Crippen LogP contribution >= 0.6 is 27.5 Å². The summed E-state index contributed by atoms with van der Waals surface area (Å²) >= 11 is 9.14. The van der Waals surface area contributed by atoms with Gasteiger partial charge in [-0.3, -0.25) is 4.72 Å². The lowest BCUT2D eigenvalue weighted by molar-refractivity contribution is 0.598. The average Bonchev–Trinajstić information content (AvgIpc) is 2.42. The number of rotatable bonds is 4. The van der Waals surface area contributed by atoms with Gasteiger partial charge in [0.1, 0.15) is 0 Å². The Labute approximate surface area is 130 Å². The van der Waals surface area contributed by atoms with Crippen molar-refractivity contribution in [3.05, 3.63) is 46.0 Å². The smallest absolute Gasteiger partial charge is 0.281 e. The van der Waals surface area contributed by atoms with Crippen molar-refractivity contribution in [1.29, 1.82) is 0 Å². The number of nitrogens with one attached hydrogen (secondary N) is 2. The van der Waals surface area contributed by atoms with Crippen LogP contribution in [-0.2, 0) is 10.0 Å². The Morgan fingerprint density at radius 2 is 2.00 bits per heavy atom. The molecule has 2 aromatic rings. The van der Waals surface area contributed by atoms with E-state index in [4.69, 9.17) is 11.6 Å². The van der Waals surface area contributed by atoms with Gasteiger partial charge in [0, 0.05) is 22.7 Å². The third-order valence-electron chi connectivity index (χ3n) is 2.47. The van der Waals surface area contributed by atoms with E-state index in [0.717, 1.165) is 0 Å². The highest BCUT2D eigenvalue weighted by Crippen LogP contribution is 2.29. The molecule has 106 valence electrons. The van der Waals surface area contributed by atoms with Crippen molar-refractivity contribution in [2.45, 2.75) is 5.03 Å². The molecule has 0 bridgehead atoms. The first-order valence-electron chi connectivity index (χ1n) is 5.54. The van der Waals surface area contributed by atoms with E-state index in [0.29, 0.717) is 20.9 Å². The molecule has 0 spiro atoms. The first-order valence-corrected chi connectivity index (χ1v) is 8.20. The highest BCUT2D eigenvalue weighted by molar-refractivity contribution is 9.10. The second-order valence-electron chi connectivity index (χ2n) is 3.84. The van der Waals surface area contributed by atoms with Gasteiger partial charge in [-0.25, -0.2) is 4.98 Å². The van der Waals surface area contributed by atoms with E-state index in [9.17, 15) is 8.42 Å². The minimum Gasteiger partial charge on any atom is -0.386 e. The Kier molecular flexibility index (Phi) is 4.52. The van der Waals surface area contributed by atoms with Gasteiger partial charge in [0.25, 0.3) is 10.0 Å². The number of pyridine rings is 1. The van der Waals surface area contributed by atoms with Crippen LogP contribution in [0, 0.1) is 0 Å². The number of hydrogen-bond donors (Lipinski definition) is 2. The molecule has 1 heterocycles. The molecule has 0 aliphatic heterocycles. The topological polar surface area (TPSA) is 71.1 Å². The van der Waals surface area contributed by atoms with Crippen molar-refractivity contribution in [3.63, 3.8) is 0 Å². The minimum atomic E-state index is -3.81. The van der Waals surface area contributed by atoms with E-state index >= 15 is 0 Å². The van der Waals surface area contributed by atoms with Crippen molar-refractivity contribution >= 4 is 48.9 Å². The van der Waals surface area contributed by atoms with Gasteiger partial charge in [0.05, 0.1) is 11.4 Å². The predicted octanol–water partition coefficient (Wildman–Crippen LogP) is 3.34. The van der Waals surface area contributed by atoms with Crippen LogP contribution in [0.15, 0.2) is 46.0 Å². The molecule has 0 unspecified atom stereocenters. The zero-order valence-electron chi connectivity index (χ0n) is 10.4. The largest absolute Gasteiger partial charge is 0.386 e. The van der Waals surface area contributed by atoms with Crippen LogP contribution < -0.4 is 10.0 Å². The molecule has 1 aromatic carbocycles. The Morgan fingerprint density at radius 3 is 2.70 bits per heavy atom. The summed E-state index contributed by atoms with van der Waals surface area (Å²) in [5.41, 5.74) is 0.767. The van der Waals surface area contributed by atoms with Crippen molar-refractivity contribution in [3.8, 4) is 0 Å². The molecule has 0 radical (unpaired) electrons. The molecule has 0 amide bonds. The summed E-state index contributed by atoms with van der Waals surface area (Å²) in [6.45, 7) is 0. The Hall–Kier alpha value is -1.31. The Balaban J connectivity index is 2.43. The SMILES string of the molecule is CNc1cccnc1S(=O)(=O)Nc1cc(Cl)ccc1Br. The lowest BCUT2D eigenvalue weighted by Crippen LogP contribution is -2.16. The number of hydrogen-bond acceptors (Lipinski definition) is 4. The van der Waals surface area contributed by atoms with Crippen LogP contribution in [0.5, 0.6) is 0 Å². The number of sulfonamides is 1. The Morgan fingerprint density at radius 1 is 1.25 bits per heavy atom. The average molecular weight is 377 g/mol. The van der Waals surface area contributed by atoms with E-state index in [1.807, 2.05) is 0 Å². The monoisotopic (exact) mass is 375 g/mol. The predicted molar refractivity (Wildman–Crippen MR) is 83.7 cm³/mol. The first kappa shape index (κ1) is 15.1. The molecule has 0 fully saturated rings. The molecule has 1 aromatic heterocycles. The maximum Gasteiger partial charge on any atom is 0.281 e. The summed E-state index contributed by atoms with van der Waals surface area (Å²) in [6.07, 6.45) is 1.42. The summed E-state index contributed by atoms with van der Waals surface area (Å²) in [7, 11) is -2.18. The summed E-state index contributed by atoms with van der Waals surface area (Å²) in [5.74, 6) is 0. The molecule has 0 aliphatic carbocycles. The van der Waals surface area contributed by atoms with Crippen LogP contribution in [0.2, 0.25) is 5.02 Å². The van der Waals surface area contributed by atoms with Gasteiger partial charge in [-0.1, -0.05) is 11.6 Å². The van der Waals surface area contributed by atoms with E-state index in [-0.39, 0.29) is 5.03 Å². The standard InChI is InChI=1S/C12H11BrClN3O2S/c1-15-10-3-2-6-16-12(10)20(18,19)17-11-7-8(14)4-5-9(11)13/h2-7,15,17H,1H3. The zero-order chi connectivity index (χ0) is 14.8. The number of nitrogens with zero attached hydrogens (tertiary/aromatic N) is 1. The zero-order valence-corrected chi connectivity index (χ0v) is 13.6. The summed E-state index contributed by atoms with van der Waals surface area (Å²) in [5, 5.41) is 3.15. The van der Waals surface area contributed by atoms with Crippen molar-refractivity contribution in [1.82, 2.24) is 4.98 Å². The van der Waals surface area contributed by atoms with Gasteiger partial charge in [-0.05, 0) is 46.3 Å². The van der Waals surface area contributed by atoms with Crippen LogP contribution in [0.1, 0.15) is 0 Å². The fourth-order valence-corrected chi connectivity index (χ4v) is 3.43. The van der Waals surface area contributed by atoms with Gasteiger partial charge in [-0.2, -0.15) is 8.42 Å². The third-order valence-corrected chi connectivity index (χ3v) is 4.72. The van der Waals surface area contributed by atoms with E-state index in [1.54, 1.807) is 31.3 Å².